The first-order valence-electron chi connectivity index (χ1n) is 7.36. The van der Waals surface area contributed by atoms with Crippen molar-refractivity contribution in [2.45, 2.75) is 33.2 Å². The average Bonchev–Trinajstić information content (AvgIpc) is 2.93. The Balaban J connectivity index is 1.82. The molecule has 0 unspecified atom stereocenters. The summed E-state index contributed by atoms with van der Waals surface area (Å²) in [6, 6.07) is 6.00. The maximum absolute atomic E-state index is 12.4. The molecule has 1 aliphatic heterocycles. The third-order valence-electron chi connectivity index (χ3n) is 4.01. The van der Waals surface area contributed by atoms with Crippen molar-refractivity contribution >= 4 is 11.6 Å². The van der Waals surface area contributed by atoms with E-state index in [-0.39, 0.29) is 5.91 Å². The molecule has 5 nitrogen and oxygen atoms in total. The Bertz CT molecular complexity index is 675. The number of benzene rings is 1. The molecule has 1 aromatic carbocycles. The fourth-order valence-corrected chi connectivity index (χ4v) is 2.73. The molecule has 0 saturated carbocycles. The number of fused-ring (bicyclic) bond motifs is 1. The number of anilines is 1. The zero-order valence-electron chi connectivity index (χ0n) is 12.4. The highest BCUT2D eigenvalue weighted by atomic mass is 16.1. The van der Waals surface area contributed by atoms with E-state index in [0.29, 0.717) is 12.2 Å². The summed E-state index contributed by atoms with van der Waals surface area (Å²) in [5.41, 5.74) is 5.87. The number of rotatable bonds is 3. The fourth-order valence-electron chi connectivity index (χ4n) is 2.73. The number of H-pyrrole nitrogens is 1. The standard InChI is InChI=1S/C16H20N4O/c1-3-11-8-12(5-4-10(11)2)18-16(21)15-13-9-17-7-6-14(13)19-20-15/h4-5,8,17H,3,6-7,9H2,1-2H3,(H,18,21)(H,19,20). The molecule has 3 N–H and O–H groups in total. The van der Waals surface area contributed by atoms with Crippen molar-refractivity contribution in [1.29, 1.82) is 0 Å². The second-order valence-corrected chi connectivity index (χ2v) is 5.41. The molecule has 0 radical (unpaired) electrons. The summed E-state index contributed by atoms with van der Waals surface area (Å²) in [7, 11) is 0. The molecule has 0 aliphatic carbocycles. The van der Waals surface area contributed by atoms with Crippen molar-refractivity contribution in [3.8, 4) is 0 Å². The van der Waals surface area contributed by atoms with Crippen LogP contribution in [0.5, 0.6) is 0 Å². The molecule has 1 amide bonds. The van der Waals surface area contributed by atoms with Gasteiger partial charge in [0.25, 0.3) is 5.91 Å². The minimum atomic E-state index is -0.151. The van der Waals surface area contributed by atoms with Gasteiger partial charge in [0.15, 0.2) is 5.69 Å². The first-order valence-corrected chi connectivity index (χ1v) is 7.36. The van der Waals surface area contributed by atoms with E-state index in [1.165, 1.54) is 11.1 Å². The second kappa shape index (κ2) is 5.69. The van der Waals surface area contributed by atoms with Crippen molar-refractivity contribution in [2.75, 3.05) is 11.9 Å². The molecule has 1 aliphatic rings. The molecule has 0 bridgehead atoms. The normalized spacial score (nSPS) is 13.8. The molecule has 2 aromatic rings. The van der Waals surface area contributed by atoms with Gasteiger partial charge in [-0.2, -0.15) is 5.10 Å². The van der Waals surface area contributed by atoms with Gasteiger partial charge in [0.05, 0.1) is 0 Å². The molecule has 0 saturated heterocycles. The lowest BCUT2D eigenvalue weighted by molar-refractivity contribution is 0.102. The predicted molar refractivity (Wildman–Crippen MR) is 82.5 cm³/mol. The van der Waals surface area contributed by atoms with E-state index in [9.17, 15) is 4.79 Å². The smallest absolute Gasteiger partial charge is 0.276 e. The molecule has 0 spiro atoms. The quantitative estimate of drug-likeness (QED) is 0.809. The Labute approximate surface area is 124 Å². The molecule has 5 heteroatoms. The Morgan fingerprint density at radius 2 is 2.29 bits per heavy atom. The van der Waals surface area contributed by atoms with Crippen LogP contribution in [0.15, 0.2) is 18.2 Å². The molecule has 0 atom stereocenters. The number of nitrogens with one attached hydrogen (secondary N) is 3. The monoisotopic (exact) mass is 284 g/mol. The van der Waals surface area contributed by atoms with Crippen LogP contribution in [-0.2, 0) is 19.4 Å². The van der Waals surface area contributed by atoms with E-state index in [4.69, 9.17) is 0 Å². The van der Waals surface area contributed by atoms with Gasteiger partial charge in [-0.05, 0) is 36.6 Å². The maximum atomic E-state index is 12.4. The molecule has 2 heterocycles. The van der Waals surface area contributed by atoms with Crippen molar-refractivity contribution in [3.05, 3.63) is 46.3 Å². The summed E-state index contributed by atoms with van der Waals surface area (Å²) in [4.78, 5) is 12.4. The third-order valence-corrected chi connectivity index (χ3v) is 4.01. The topological polar surface area (TPSA) is 69.8 Å². The van der Waals surface area contributed by atoms with Gasteiger partial charge in [-0.1, -0.05) is 13.0 Å². The van der Waals surface area contributed by atoms with Crippen LogP contribution in [0.1, 0.15) is 39.8 Å². The van der Waals surface area contributed by atoms with Gasteiger partial charge >= 0.3 is 0 Å². The van der Waals surface area contributed by atoms with Crippen LogP contribution in [0.3, 0.4) is 0 Å². The summed E-state index contributed by atoms with van der Waals surface area (Å²) in [5.74, 6) is -0.151. The number of carbonyl (C=O) groups excluding carboxylic acids is 1. The number of hydrogen-bond acceptors (Lipinski definition) is 3. The summed E-state index contributed by atoms with van der Waals surface area (Å²) >= 11 is 0. The summed E-state index contributed by atoms with van der Waals surface area (Å²) in [6.45, 7) is 5.82. The molecule has 110 valence electrons. The number of aryl methyl sites for hydroxylation is 2. The predicted octanol–water partition coefficient (Wildman–Crippen LogP) is 2.18. The Morgan fingerprint density at radius 1 is 1.43 bits per heavy atom. The summed E-state index contributed by atoms with van der Waals surface area (Å²) in [5, 5.41) is 13.4. The minimum absolute atomic E-state index is 0.151. The lowest BCUT2D eigenvalue weighted by atomic mass is 10.0. The van der Waals surface area contributed by atoms with Gasteiger partial charge < -0.3 is 10.6 Å². The van der Waals surface area contributed by atoms with Gasteiger partial charge in [-0.15, -0.1) is 0 Å². The Kier molecular flexibility index (Phi) is 3.75. The molecular weight excluding hydrogens is 264 g/mol. The van der Waals surface area contributed by atoms with Crippen LogP contribution in [0.4, 0.5) is 5.69 Å². The number of aromatic nitrogens is 2. The maximum Gasteiger partial charge on any atom is 0.276 e. The van der Waals surface area contributed by atoms with E-state index in [1.54, 1.807) is 0 Å². The van der Waals surface area contributed by atoms with Gasteiger partial charge in [0.2, 0.25) is 0 Å². The van der Waals surface area contributed by atoms with Gasteiger partial charge in [0, 0.05) is 36.5 Å². The molecular formula is C16H20N4O. The number of amides is 1. The van der Waals surface area contributed by atoms with Crippen molar-refractivity contribution < 1.29 is 4.79 Å². The Morgan fingerprint density at radius 3 is 3.10 bits per heavy atom. The Hall–Kier alpha value is -2.14. The molecule has 0 fully saturated rings. The van der Waals surface area contributed by atoms with Crippen LogP contribution in [0, 0.1) is 6.92 Å². The summed E-state index contributed by atoms with van der Waals surface area (Å²) in [6.07, 6.45) is 1.84. The van der Waals surface area contributed by atoms with E-state index >= 15 is 0 Å². The van der Waals surface area contributed by atoms with Gasteiger partial charge in [-0.25, -0.2) is 0 Å². The fraction of sp³-hybridized carbons (Fsp3) is 0.375. The SMILES string of the molecule is CCc1cc(NC(=O)c2n[nH]c3c2CNCC3)ccc1C. The van der Waals surface area contributed by atoms with Crippen LogP contribution < -0.4 is 10.6 Å². The molecule has 3 rings (SSSR count). The van der Waals surface area contributed by atoms with E-state index in [0.717, 1.165) is 36.3 Å². The summed E-state index contributed by atoms with van der Waals surface area (Å²) < 4.78 is 0. The van der Waals surface area contributed by atoms with E-state index in [2.05, 4.69) is 34.7 Å². The number of aromatic amines is 1. The van der Waals surface area contributed by atoms with Crippen LogP contribution >= 0.6 is 0 Å². The molecule has 1 aromatic heterocycles. The first-order chi connectivity index (χ1) is 10.2. The highest BCUT2D eigenvalue weighted by Crippen LogP contribution is 2.19. The first kappa shape index (κ1) is 13.8. The number of nitrogens with zero attached hydrogens (tertiary/aromatic N) is 1. The second-order valence-electron chi connectivity index (χ2n) is 5.41. The zero-order chi connectivity index (χ0) is 14.8. The average molecular weight is 284 g/mol. The van der Waals surface area contributed by atoms with Crippen molar-refractivity contribution in [2.24, 2.45) is 0 Å². The number of hydrogen-bond donors (Lipinski definition) is 3. The van der Waals surface area contributed by atoms with Crippen LogP contribution in [-0.4, -0.2) is 22.6 Å². The van der Waals surface area contributed by atoms with E-state index < -0.39 is 0 Å². The van der Waals surface area contributed by atoms with Crippen LogP contribution in [0.25, 0.3) is 0 Å². The lowest BCUT2D eigenvalue weighted by Gasteiger charge is -2.13. The van der Waals surface area contributed by atoms with E-state index in [1.807, 2.05) is 18.2 Å². The third kappa shape index (κ3) is 2.69. The van der Waals surface area contributed by atoms with Gasteiger partial charge in [0.1, 0.15) is 0 Å². The largest absolute Gasteiger partial charge is 0.321 e. The van der Waals surface area contributed by atoms with Crippen molar-refractivity contribution in [1.82, 2.24) is 15.5 Å². The zero-order valence-corrected chi connectivity index (χ0v) is 12.4. The molecule has 21 heavy (non-hydrogen) atoms. The highest BCUT2D eigenvalue weighted by molar-refractivity contribution is 6.04. The van der Waals surface area contributed by atoms with Crippen LogP contribution in [0.2, 0.25) is 0 Å². The number of carbonyl (C=O) groups is 1. The van der Waals surface area contributed by atoms with Crippen molar-refractivity contribution in [3.63, 3.8) is 0 Å². The lowest BCUT2D eigenvalue weighted by Crippen LogP contribution is -2.25. The van der Waals surface area contributed by atoms with Gasteiger partial charge in [-0.3, -0.25) is 9.89 Å². The highest BCUT2D eigenvalue weighted by Gasteiger charge is 2.21. The minimum Gasteiger partial charge on any atom is -0.321 e.